The average Bonchev–Trinajstić information content (AvgIpc) is 3.05. The fraction of sp³-hybridized carbons (Fsp3) is 0.474. The lowest BCUT2D eigenvalue weighted by atomic mass is 10.00. The first kappa shape index (κ1) is 18.9. The van der Waals surface area contributed by atoms with Crippen LogP contribution < -0.4 is 5.32 Å². The van der Waals surface area contributed by atoms with Crippen LogP contribution in [0.1, 0.15) is 31.2 Å². The van der Waals surface area contributed by atoms with Gasteiger partial charge in [0.05, 0.1) is 19.3 Å². The van der Waals surface area contributed by atoms with Crippen LogP contribution >= 0.6 is 11.6 Å². The number of rotatable bonds is 7. The van der Waals surface area contributed by atoms with E-state index in [0.29, 0.717) is 23.9 Å². The van der Waals surface area contributed by atoms with Crippen molar-refractivity contribution in [1.29, 1.82) is 0 Å². The number of hydrogen-bond donors (Lipinski definition) is 2. The Bertz CT molecular complexity index is 732. The van der Waals surface area contributed by atoms with E-state index < -0.39 is 0 Å². The van der Waals surface area contributed by atoms with Crippen molar-refractivity contribution in [2.45, 2.75) is 38.3 Å². The van der Waals surface area contributed by atoms with Gasteiger partial charge in [-0.2, -0.15) is 5.10 Å². The molecule has 2 N–H and O–H groups in total. The lowest BCUT2D eigenvalue weighted by Crippen LogP contribution is -2.44. The number of piperidine rings is 1. The Kier molecular flexibility index (Phi) is 6.66. The second-order valence-electron chi connectivity index (χ2n) is 6.65. The van der Waals surface area contributed by atoms with E-state index in [0.717, 1.165) is 37.8 Å². The molecule has 0 bridgehead atoms. The van der Waals surface area contributed by atoms with E-state index in [9.17, 15) is 9.90 Å². The van der Waals surface area contributed by atoms with E-state index in [1.807, 2.05) is 24.3 Å². The maximum Gasteiger partial charge on any atom is 0.239 e. The maximum atomic E-state index is 12.5. The summed E-state index contributed by atoms with van der Waals surface area (Å²) in [5.74, 6) is 0.599. The van der Waals surface area contributed by atoms with Crippen molar-refractivity contribution in [2.24, 2.45) is 0 Å². The molecule has 140 valence electrons. The molecular formula is C19H25ClN4O2. The van der Waals surface area contributed by atoms with E-state index in [1.54, 1.807) is 16.9 Å². The molecule has 26 heavy (non-hydrogen) atoms. The maximum absolute atomic E-state index is 12.5. The van der Waals surface area contributed by atoms with Crippen LogP contribution in [0.15, 0.2) is 36.5 Å². The lowest BCUT2D eigenvalue weighted by molar-refractivity contribution is -0.118. The third-order valence-corrected chi connectivity index (χ3v) is 5.19. The minimum absolute atomic E-state index is 0.0595. The van der Waals surface area contributed by atoms with Crippen molar-refractivity contribution >= 4 is 23.3 Å². The molecule has 1 aromatic heterocycles. The molecule has 0 spiro atoms. The monoisotopic (exact) mass is 376 g/mol. The van der Waals surface area contributed by atoms with Gasteiger partial charge < -0.3 is 10.4 Å². The summed E-state index contributed by atoms with van der Waals surface area (Å²) in [6.07, 6.45) is 5.69. The Labute approximate surface area is 158 Å². The molecular weight excluding hydrogens is 352 g/mol. The van der Waals surface area contributed by atoms with Crippen LogP contribution in [0.5, 0.6) is 0 Å². The Morgan fingerprint density at radius 3 is 2.96 bits per heavy atom. The van der Waals surface area contributed by atoms with E-state index in [1.165, 1.54) is 0 Å². The van der Waals surface area contributed by atoms with Crippen LogP contribution in [-0.4, -0.2) is 51.4 Å². The molecule has 3 rings (SSSR count). The molecule has 1 aliphatic heterocycles. The van der Waals surface area contributed by atoms with Crippen LogP contribution in [-0.2, 0) is 11.3 Å². The van der Waals surface area contributed by atoms with Crippen LogP contribution in [0.4, 0.5) is 5.82 Å². The fourth-order valence-electron chi connectivity index (χ4n) is 3.46. The summed E-state index contributed by atoms with van der Waals surface area (Å²) in [6.45, 7) is 1.89. The predicted molar refractivity (Wildman–Crippen MR) is 102 cm³/mol. The predicted octanol–water partition coefficient (Wildman–Crippen LogP) is 2.76. The number of aromatic nitrogens is 2. The summed E-state index contributed by atoms with van der Waals surface area (Å²) in [4.78, 5) is 14.7. The summed E-state index contributed by atoms with van der Waals surface area (Å²) < 4.78 is 1.74. The molecule has 2 heterocycles. The molecule has 1 unspecified atom stereocenters. The van der Waals surface area contributed by atoms with Crippen LogP contribution in [0.2, 0.25) is 5.02 Å². The van der Waals surface area contributed by atoms with Gasteiger partial charge in [0, 0.05) is 23.7 Å². The first-order valence-corrected chi connectivity index (χ1v) is 9.45. The van der Waals surface area contributed by atoms with E-state index >= 15 is 0 Å². The topological polar surface area (TPSA) is 70.4 Å². The van der Waals surface area contributed by atoms with Gasteiger partial charge in [-0.05, 0) is 37.4 Å². The van der Waals surface area contributed by atoms with Crippen molar-refractivity contribution in [1.82, 2.24) is 14.7 Å². The number of amides is 1. The van der Waals surface area contributed by atoms with Gasteiger partial charge >= 0.3 is 0 Å². The van der Waals surface area contributed by atoms with Crippen molar-refractivity contribution in [3.8, 4) is 0 Å². The highest BCUT2D eigenvalue weighted by molar-refractivity contribution is 6.31. The third kappa shape index (κ3) is 4.84. The smallest absolute Gasteiger partial charge is 0.239 e. The quantitative estimate of drug-likeness (QED) is 0.779. The second-order valence-corrected chi connectivity index (χ2v) is 7.05. The van der Waals surface area contributed by atoms with E-state index in [2.05, 4.69) is 15.3 Å². The van der Waals surface area contributed by atoms with Crippen LogP contribution in [0, 0.1) is 0 Å². The number of nitrogens with one attached hydrogen (secondary N) is 1. The van der Waals surface area contributed by atoms with Gasteiger partial charge in [0.15, 0.2) is 0 Å². The van der Waals surface area contributed by atoms with Crippen molar-refractivity contribution in [3.05, 3.63) is 47.1 Å². The van der Waals surface area contributed by atoms with E-state index in [4.69, 9.17) is 11.6 Å². The lowest BCUT2D eigenvalue weighted by Gasteiger charge is -2.34. The zero-order valence-corrected chi connectivity index (χ0v) is 15.5. The highest BCUT2D eigenvalue weighted by atomic mass is 35.5. The molecule has 1 atom stereocenters. The molecule has 0 aliphatic carbocycles. The number of carbonyl (C=O) groups excluding carboxylic acids is 1. The van der Waals surface area contributed by atoms with Crippen molar-refractivity contribution < 1.29 is 9.90 Å². The average molecular weight is 377 g/mol. The number of anilines is 1. The Balaban J connectivity index is 1.61. The number of carbonyl (C=O) groups is 1. The fourth-order valence-corrected chi connectivity index (χ4v) is 3.66. The molecule has 1 fully saturated rings. The molecule has 1 saturated heterocycles. The number of aliphatic hydroxyl groups is 1. The summed E-state index contributed by atoms with van der Waals surface area (Å²) in [6, 6.07) is 9.68. The first-order valence-electron chi connectivity index (χ1n) is 9.07. The van der Waals surface area contributed by atoms with E-state index in [-0.39, 0.29) is 18.6 Å². The summed E-state index contributed by atoms with van der Waals surface area (Å²) >= 11 is 6.22. The molecule has 7 heteroatoms. The first-order chi connectivity index (χ1) is 12.7. The van der Waals surface area contributed by atoms with Crippen molar-refractivity contribution in [2.75, 3.05) is 25.0 Å². The van der Waals surface area contributed by atoms with Gasteiger partial charge in [-0.1, -0.05) is 36.2 Å². The molecule has 2 aromatic rings. The van der Waals surface area contributed by atoms with Gasteiger partial charge in [-0.15, -0.1) is 0 Å². The number of benzene rings is 1. The Hall–Kier alpha value is -1.89. The van der Waals surface area contributed by atoms with Gasteiger partial charge in [0.2, 0.25) is 5.91 Å². The zero-order valence-electron chi connectivity index (χ0n) is 14.8. The number of likely N-dealkylation sites (tertiary alicyclic amines) is 1. The Morgan fingerprint density at radius 2 is 2.15 bits per heavy atom. The number of aliphatic hydroxyl groups excluding tert-OH is 1. The zero-order chi connectivity index (χ0) is 18.4. The molecule has 1 aromatic carbocycles. The van der Waals surface area contributed by atoms with Gasteiger partial charge in [-0.25, -0.2) is 4.68 Å². The summed E-state index contributed by atoms with van der Waals surface area (Å²) in [5.41, 5.74) is 0.951. The molecule has 6 nitrogen and oxygen atoms in total. The summed E-state index contributed by atoms with van der Waals surface area (Å²) in [5, 5.41) is 17.2. The molecule has 0 radical (unpaired) electrons. The minimum atomic E-state index is -0.0595. The normalized spacial score (nSPS) is 18.0. The molecule has 1 amide bonds. The van der Waals surface area contributed by atoms with Gasteiger partial charge in [0.25, 0.3) is 0 Å². The molecule has 1 aliphatic rings. The summed E-state index contributed by atoms with van der Waals surface area (Å²) in [7, 11) is 0. The largest absolute Gasteiger partial charge is 0.396 e. The SMILES string of the molecule is O=C(CN1CCCCC1CCO)Nc1ccnn1Cc1ccccc1Cl. The Morgan fingerprint density at radius 1 is 1.31 bits per heavy atom. The number of hydrogen-bond acceptors (Lipinski definition) is 4. The molecule has 0 saturated carbocycles. The third-order valence-electron chi connectivity index (χ3n) is 4.82. The highest BCUT2D eigenvalue weighted by Gasteiger charge is 2.24. The van der Waals surface area contributed by atoms with Gasteiger partial charge in [-0.3, -0.25) is 9.69 Å². The van der Waals surface area contributed by atoms with Crippen LogP contribution in [0.25, 0.3) is 0 Å². The highest BCUT2D eigenvalue weighted by Crippen LogP contribution is 2.20. The minimum Gasteiger partial charge on any atom is -0.396 e. The second kappa shape index (κ2) is 9.16. The van der Waals surface area contributed by atoms with Crippen LogP contribution in [0.3, 0.4) is 0 Å². The number of nitrogens with zero attached hydrogens (tertiary/aromatic N) is 3. The van der Waals surface area contributed by atoms with Crippen molar-refractivity contribution in [3.63, 3.8) is 0 Å². The number of halogens is 1. The van der Waals surface area contributed by atoms with Gasteiger partial charge in [0.1, 0.15) is 5.82 Å². The standard InChI is InChI=1S/C19H25ClN4O2/c20-17-7-2-1-5-15(17)13-24-18(8-10-21-24)22-19(26)14-23-11-4-3-6-16(23)9-12-25/h1-2,5,7-8,10,16,25H,3-4,6,9,11-14H2,(H,22,26).